The summed E-state index contributed by atoms with van der Waals surface area (Å²) in [4.78, 5) is 0. The number of para-hydroxylation sites is 2. The number of nitrogens with zero attached hydrogens (tertiary/aromatic N) is 2. The van der Waals surface area contributed by atoms with Gasteiger partial charge in [-0.25, -0.2) is 0 Å². The number of methoxy groups -OCH3 is 1. The Morgan fingerprint density at radius 1 is 0.595 bits per heavy atom. The molecule has 0 bridgehead atoms. The van der Waals surface area contributed by atoms with Crippen molar-refractivity contribution in [1.29, 1.82) is 0 Å². The fourth-order valence-corrected chi connectivity index (χ4v) is 5.32. The number of phenols is 1. The molecule has 2 heterocycles. The highest BCUT2D eigenvalue weighted by Crippen LogP contribution is 2.33. The third-order valence-corrected chi connectivity index (χ3v) is 7.21. The van der Waals surface area contributed by atoms with Crippen molar-refractivity contribution in [2.75, 3.05) is 7.11 Å². The van der Waals surface area contributed by atoms with Gasteiger partial charge in [0.2, 0.25) is 0 Å². The van der Waals surface area contributed by atoms with Crippen LogP contribution in [-0.2, 0) is 13.1 Å². The number of fused-ring (bicyclic) bond motifs is 6. The Morgan fingerprint density at radius 2 is 1.08 bits per heavy atom. The van der Waals surface area contributed by atoms with Crippen LogP contribution in [0.5, 0.6) is 11.5 Å². The number of hydrogen-bond acceptors (Lipinski definition) is 2. The lowest BCUT2D eigenvalue weighted by Crippen LogP contribution is -1.96. The molecule has 190 valence electrons. The number of aromatic hydroxyl groups is 1. The van der Waals surface area contributed by atoms with E-state index in [1.165, 1.54) is 63.9 Å². The molecule has 1 N–H and O–H groups in total. The van der Waals surface area contributed by atoms with Crippen molar-refractivity contribution in [3.05, 3.63) is 84.9 Å². The zero-order valence-electron chi connectivity index (χ0n) is 22.1. The molecule has 0 amide bonds. The third kappa shape index (κ3) is 4.76. The van der Waals surface area contributed by atoms with E-state index in [0.717, 1.165) is 24.2 Å². The van der Waals surface area contributed by atoms with E-state index in [1.807, 2.05) is 18.2 Å². The average Bonchev–Trinajstić information content (AvgIpc) is 3.42. The SMILES string of the molecule is CCCCn1c2ccccc2c2cc(O)ccc21.CCCCn1c2ccccc2c2cc(OC)ccc21. The maximum Gasteiger partial charge on any atom is 0.119 e. The topological polar surface area (TPSA) is 39.3 Å². The Balaban J connectivity index is 0.000000152. The van der Waals surface area contributed by atoms with Gasteiger partial charge in [-0.3, -0.25) is 0 Å². The number of aryl methyl sites for hydroxylation is 2. The molecular formula is C33H36N2O2. The monoisotopic (exact) mass is 492 g/mol. The fraction of sp³-hybridized carbons (Fsp3) is 0.273. The number of phenolic OH excluding ortho intramolecular Hbond substituents is 1. The zero-order chi connectivity index (χ0) is 25.8. The van der Waals surface area contributed by atoms with Crippen LogP contribution in [0, 0.1) is 0 Å². The smallest absolute Gasteiger partial charge is 0.119 e. The first kappa shape index (κ1) is 24.8. The molecule has 0 unspecified atom stereocenters. The highest BCUT2D eigenvalue weighted by Gasteiger charge is 2.11. The molecule has 4 heteroatoms. The minimum absolute atomic E-state index is 0.334. The van der Waals surface area contributed by atoms with E-state index < -0.39 is 0 Å². The molecule has 0 fully saturated rings. The number of ether oxygens (including phenoxy) is 1. The lowest BCUT2D eigenvalue weighted by molar-refractivity contribution is 0.415. The van der Waals surface area contributed by atoms with Gasteiger partial charge >= 0.3 is 0 Å². The Bertz CT molecular complexity index is 1660. The van der Waals surface area contributed by atoms with Crippen molar-refractivity contribution in [1.82, 2.24) is 9.13 Å². The molecule has 4 aromatic carbocycles. The second-order valence-corrected chi connectivity index (χ2v) is 9.63. The number of rotatable bonds is 7. The van der Waals surface area contributed by atoms with Gasteiger partial charge in [0.15, 0.2) is 0 Å². The summed E-state index contributed by atoms with van der Waals surface area (Å²) in [5.41, 5.74) is 5.09. The Hall–Kier alpha value is -3.92. The van der Waals surface area contributed by atoms with Crippen molar-refractivity contribution in [3.8, 4) is 11.5 Å². The van der Waals surface area contributed by atoms with Crippen molar-refractivity contribution >= 4 is 43.6 Å². The molecule has 0 aliphatic rings. The van der Waals surface area contributed by atoms with Crippen LogP contribution >= 0.6 is 0 Å². The highest BCUT2D eigenvalue weighted by atomic mass is 16.5. The van der Waals surface area contributed by atoms with E-state index in [2.05, 4.69) is 83.6 Å². The van der Waals surface area contributed by atoms with Crippen molar-refractivity contribution < 1.29 is 9.84 Å². The quantitative estimate of drug-likeness (QED) is 0.242. The summed E-state index contributed by atoms with van der Waals surface area (Å²) in [6, 6.07) is 29.0. The van der Waals surface area contributed by atoms with Gasteiger partial charge < -0.3 is 19.0 Å². The summed E-state index contributed by atoms with van der Waals surface area (Å²) in [5, 5.41) is 14.6. The zero-order valence-corrected chi connectivity index (χ0v) is 22.1. The predicted octanol–water partition coefficient (Wildman–Crippen LogP) is 8.90. The summed E-state index contributed by atoms with van der Waals surface area (Å²) in [7, 11) is 1.72. The molecule has 6 aromatic rings. The van der Waals surface area contributed by atoms with Crippen LogP contribution in [0.2, 0.25) is 0 Å². The molecule has 4 nitrogen and oxygen atoms in total. The van der Waals surface area contributed by atoms with Gasteiger partial charge in [0.1, 0.15) is 11.5 Å². The summed E-state index contributed by atoms with van der Waals surface area (Å²) in [6.45, 7) is 6.55. The maximum atomic E-state index is 9.67. The standard InChI is InChI=1S/C17H19NO.C16H17NO/c1-3-4-11-18-16-8-6-5-7-14(16)15-12-13(19-2)9-10-17(15)18;1-2-3-10-17-15-7-5-4-6-13(15)14-11-12(18)8-9-16(14)17/h5-10,12H,3-4,11H2,1-2H3;4-9,11,18H,2-3,10H2,1H3. The van der Waals surface area contributed by atoms with Gasteiger partial charge in [-0.2, -0.15) is 0 Å². The first-order valence-electron chi connectivity index (χ1n) is 13.4. The van der Waals surface area contributed by atoms with Crippen LogP contribution in [0.25, 0.3) is 43.6 Å². The predicted molar refractivity (Wildman–Crippen MR) is 157 cm³/mol. The first-order chi connectivity index (χ1) is 18.2. The molecule has 0 aliphatic carbocycles. The third-order valence-electron chi connectivity index (χ3n) is 7.21. The Labute approximate surface area is 218 Å². The molecule has 0 aliphatic heterocycles. The van der Waals surface area contributed by atoms with Gasteiger partial charge in [0, 0.05) is 56.7 Å². The van der Waals surface area contributed by atoms with Crippen LogP contribution in [0.1, 0.15) is 39.5 Å². The number of hydrogen-bond donors (Lipinski definition) is 1. The normalized spacial score (nSPS) is 11.3. The minimum Gasteiger partial charge on any atom is -0.508 e. The second-order valence-electron chi connectivity index (χ2n) is 9.63. The summed E-state index contributed by atoms with van der Waals surface area (Å²) >= 11 is 0. The van der Waals surface area contributed by atoms with Gasteiger partial charge in [-0.15, -0.1) is 0 Å². The van der Waals surface area contributed by atoms with E-state index >= 15 is 0 Å². The van der Waals surface area contributed by atoms with Gasteiger partial charge in [0.05, 0.1) is 7.11 Å². The van der Waals surface area contributed by atoms with Crippen molar-refractivity contribution in [2.24, 2.45) is 0 Å². The van der Waals surface area contributed by atoms with Gasteiger partial charge in [-0.05, 0) is 61.4 Å². The summed E-state index contributed by atoms with van der Waals surface area (Å²) < 4.78 is 10.1. The van der Waals surface area contributed by atoms with E-state index in [4.69, 9.17) is 4.74 Å². The van der Waals surface area contributed by atoms with Gasteiger partial charge in [-0.1, -0.05) is 63.1 Å². The molecule has 0 atom stereocenters. The molecular weight excluding hydrogens is 456 g/mol. The fourth-order valence-electron chi connectivity index (χ4n) is 5.32. The number of unbranched alkanes of at least 4 members (excludes halogenated alkanes) is 2. The molecule has 2 aromatic heterocycles. The molecule has 0 spiro atoms. The highest BCUT2D eigenvalue weighted by molar-refractivity contribution is 6.09. The van der Waals surface area contributed by atoms with E-state index in [-0.39, 0.29) is 0 Å². The van der Waals surface area contributed by atoms with Crippen molar-refractivity contribution in [3.63, 3.8) is 0 Å². The average molecular weight is 493 g/mol. The largest absolute Gasteiger partial charge is 0.508 e. The van der Waals surface area contributed by atoms with E-state index in [9.17, 15) is 5.11 Å². The van der Waals surface area contributed by atoms with Gasteiger partial charge in [0.25, 0.3) is 0 Å². The van der Waals surface area contributed by atoms with Crippen LogP contribution in [0.15, 0.2) is 84.9 Å². The maximum absolute atomic E-state index is 9.67. The van der Waals surface area contributed by atoms with Crippen LogP contribution in [0.4, 0.5) is 0 Å². The molecule has 0 radical (unpaired) electrons. The van der Waals surface area contributed by atoms with Crippen LogP contribution in [0.3, 0.4) is 0 Å². The lowest BCUT2D eigenvalue weighted by atomic mass is 10.1. The number of aromatic nitrogens is 2. The number of benzene rings is 4. The lowest BCUT2D eigenvalue weighted by Gasteiger charge is -2.06. The van der Waals surface area contributed by atoms with Crippen molar-refractivity contribution in [2.45, 2.75) is 52.6 Å². The van der Waals surface area contributed by atoms with Crippen LogP contribution in [-0.4, -0.2) is 21.4 Å². The van der Waals surface area contributed by atoms with E-state index in [0.29, 0.717) is 5.75 Å². The molecule has 37 heavy (non-hydrogen) atoms. The molecule has 0 saturated heterocycles. The van der Waals surface area contributed by atoms with E-state index in [1.54, 1.807) is 13.2 Å². The first-order valence-corrected chi connectivity index (χ1v) is 13.4. The summed E-state index contributed by atoms with van der Waals surface area (Å²) in [5.74, 6) is 1.26. The Morgan fingerprint density at radius 3 is 1.62 bits per heavy atom. The second kappa shape index (κ2) is 11.0. The van der Waals surface area contributed by atoms with Crippen LogP contribution < -0.4 is 4.74 Å². The Kier molecular flexibility index (Phi) is 7.36. The summed E-state index contributed by atoms with van der Waals surface area (Å²) in [6.07, 6.45) is 4.78. The molecule has 0 saturated carbocycles. The molecule has 6 rings (SSSR count). The minimum atomic E-state index is 0.334.